The van der Waals surface area contributed by atoms with Gasteiger partial charge in [-0.3, -0.25) is 5.32 Å². The molecule has 1 radical (unpaired) electrons. The lowest BCUT2D eigenvalue weighted by Gasteiger charge is -2.21. The van der Waals surface area contributed by atoms with Crippen LogP contribution in [0.3, 0.4) is 0 Å². The SMILES string of the molecule is c1csc([N]CC2CCNCC2)c1. The molecule has 71 valence electrons. The van der Waals surface area contributed by atoms with E-state index in [2.05, 4.69) is 28.1 Å². The van der Waals surface area contributed by atoms with Crippen molar-refractivity contribution >= 4 is 16.3 Å². The van der Waals surface area contributed by atoms with Gasteiger partial charge in [0.15, 0.2) is 0 Å². The van der Waals surface area contributed by atoms with Gasteiger partial charge in [-0.1, -0.05) is 0 Å². The van der Waals surface area contributed by atoms with Gasteiger partial charge in [0, 0.05) is 6.54 Å². The van der Waals surface area contributed by atoms with E-state index >= 15 is 0 Å². The highest BCUT2D eigenvalue weighted by Crippen LogP contribution is 2.18. The van der Waals surface area contributed by atoms with Crippen LogP contribution in [0.2, 0.25) is 0 Å². The molecule has 1 saturated heterocycles. The van der Waals surface area contributed by atoms with E-state index in [9.17, 15) is 0 Å². The lowest BCUT2D eigenvalue weighted by atomic mass is 9.98. The van der Waals surface area contributed by atoms with Gasteiger partial charge in [-0.2, -0.15) is 0 Å². The molecule has 2 nitrogen and oxygen atoms in total. The second kappa shape index (κ2) is 4.63. The Morgan fingerprint density at radius 1 is 1.46 bits per heavy atom. The van der Waals surface area contributed by atoms with Crippen LogP contribution < -0.4 is 10.6 Å². The maximum absolute atomic E-state index is 4.58. The first-order valence-electron chi connectivity index (χ1n) is 4.87. The molecule has 2 heterocycles. The third kappa shape index (κ3) is 2.71. The summed E-state index contributed by atoms with van der Waals surface area (Å²) in [6.45, 7) is 3.36. The fourth-order valence-electron chi connectivity index (χ4n) is 1.64. The second-order valence-corrected chi connectivity index (χ2v) is 4.41. The predicted molar refractivity (Wildman–Crippen MR) is 56.6 cm³/mol. The molecular formula is C10H15N2S. The molecule has 0 aromatic carbocycles. The van der Waals surface area contributed by atoms with Crippen LogP contribution in [0.25, 0.3) is 0 Å². The summed E-state index contributed by atoms with van der Waals surface area (Å²) in [6.07, 6.45) is 2.57. The van der Waals surface area contributed by atoms with Gasteiger partial charge in [-0.05, 0) is 49.4 Å². The summed E-state index contributed by atoms with van der Waals surface area (Å²) in [5, 5.41) is 11.2. The molecule has 1 aliphatic heterocycles. The molecule has 1 N–H and O–H groups in total. The van der Waals surface area contributed by atoms with E-state index in [0.717, 1.165) is 12.5 Å². The Kier molecular flexibility index (Phi) is 3.22. The summed E-state index contributed by atoms with van der Waals surface area (Å²) in [7, 11) is 0. The van der Waals surface area contributed by atoms with Gasteiger partial charge in [0.25, 0.3) is 0 Å². The van der Waals surface area contributed by atoms with Crippen LogP contribution in [-0.4, -0.2) is 19.6 Å². The van der Waals surface area contributed by atoms with Crippen molar-refractivity contribution in [3.05, 3.63) is 17.5 Å². The largest absolute Gasteiger partial charge is 0.317 e. The fraction of sp³-hybridized carbons (Fsp3) is 0.600. The number of piperidine rings is 1. The highest BCUT2D eigenvalue weighted by Gasteiger charge is 2.13. The summed E-state index contributed by atoms with van der Waals surface area (Å²) in [5.74, 6) is 0.809. The number of nitrogens with one attached hydrogen (secondary N) is 1. The Balaban J connectivity index is 1.72. The molecule has 1 fully saturated rings. The van der Waals surface area contributed by atoms with Crippen molar-refractivity contribution in [1.29, 1.82) is 0 Å². The Bertz CT molecular complexity index is 227. The van der Waals surface area contributed by atoms with Crippen molar-refractivity contribution in [2.24, 2.45) is 5.92 Å². The molecule has 3 heteroatoms. The lowest BCUT2D eigenvalue weighted by Crippen LogP contribution is -2.30. The van der Waals surface area contributed by atoms with Crippen molar-refractivity contribution in [3.63, 3.8) is 0 Å². The average Bonchev–Trinajstić information content (AvgIpc) is 2.69. The van der Waals surface area contributed by atoms with Crippen LogP contribution in [0.4, 0.5) is 5.00 Å². The van der Waals surface area contributed by atoms with Crippen LogP contribution in [0.1, 0.15) is 12.8 Å². The van der Waals surface area contributed by atoms with Gasteiger partial charge < -0.3 is 5.32 Å². The Hall–Kier alpha value is -0.540. The molecule has 0 bridgehead atoms. The van der Waals surface area contributed by atoms with Crippen molar-refractivity contribution in [3.8, 4) is 0 Å². The molecule has 1 aromatic heterocycles. The van der Waals surface area contributed by atoms with Crippen LogP contribution in [0.15, 0.2) is 17.5 Å². The summed E-state index contributed by atoms with van der Waals surface area (Å²) < 4.78 is 0. The number of hydrogen-bond donors (Lipinski definition) is 1. The van der Waals surface area contributed by atoms with Crippen molar-refractivity contribution in [1.82, 2.24) is 10.6 Å². The van der Waals surface area contributed by atoms with Gasteiger partial charge in [-0.25, -0.2) is 0 Å². The minimum atomic E-state index is 0.809. The molecule has 0 amide bonds. The Morgan fingerprint density at radius 3 is 3.00 bits per heavy atom. The summed E-state index contributed by atoms with van der Waals surface area (Å²) in [6, 6.07) is 4.15. The molecule has 1 aliphatic rings. The van der Waals surface area contributed by atoms with Gasteiger partial charge in [-0.15, -0.1) is 11.3 Å². The number of hydrogen-bond acceptors (Lipinski definition) is 2. The highest BCUT2D eigenvalue weighted by molar-refractivity contribution is 7.13. The Labute approximate surface area is 83.4 Å². The van der Waals surface area contributed by atoms with Crippen molar-refractivity contribution < 1.29 is 0 Å². The van der Waals surface area contributed by atoms with E-state index in [1.807, 2.05) is 0 Å². The van der Waals surface area contributed by atoms with Gasteiger partial charge in [0.2, 0.25) is 0 Å². The molecule has 0 atom stereocenters. The maximum atomic E-state index is 4.58. The smallest absolute Gasteiger partial charge is 0.110 e. The lowest BCUT2D eigenvalue weighted by molar-refractivity contribution is 0.369. The molecule has 0 unspecified atom stereocenters. The maximum Gasteiger partial charge on any atom is 0.110 e. The van der Waals surface area contributed by atoms with E-state index in [-0.39, 0.29) is 0 Å². The zero-order valence-electron chi connectivity index (χ0n) is 7.70. The van der Waals surface area contributed by atoms with E-state index < -0.39 is 0 Å². The van der Waals surface area contributed by atoms with E-state index in [1.54, 1.807) is 11.3 Å². The highest BCUT2D eigenvalue weighted by atomic mass is 32.1. The fourth-order valence-corrected chi connectivity index (χ4v) is 2.25. The van der Waals surface area contributed by atoms with Crippen molar-refractivity contribution in [2.75, 3.05) is 19.6 Å². The quantitative estimate of drug-likeness (QED) is 0.784. The first-order chi connectivity index (χ1) is 6.45. The molecular weight excluding hydrogens is 180 g/mol. The van der Waals surface area contributed by atoms with Gasteiger partial charge >= 0.3 is 0 Å². The molecule has 2 rings (SSSR count). The van der Waals surface area contributed by atoms with E-state index in [1.165, 1.54) is 30.9 Å². The third-order valence-corrected chi connectivity index (χ3v) is 3.27. The van der Waals surface area contributed by atoms with Crippen LogP contribution >= 0.6 is 11.3 Å². The molecule has 0 spiro atoms. The standard InChI is InChI=1S/C10H15N2S/c1-2-10(13-7-1)12-8-9-3-5-11-6-4-9/h1-2,7,9,11H,3-6,8H2. The van der Waals surface area contributed by atoms with Gasteiger partial charge in [0.05, 0.1) is 0 Å². The van der Waals surface area contributed by atoms with E-state index in [0.29, 0.717) is 0 Å². The molecule has 0 saturated carbocycles. The molecule has 1 aromatic rings. The number of rotatable bonds is 3. The predicted octanol–water partition coefficient (Wildman–Crippen LogP) is 1.98. The monoisotopic (exact) mass is 195 g/mol. The van der Waals surface area contributed by atoms with Gasteiger partial charge in [0.1, 0.15) is 5.00 Å². The minimum Gasteiger partial charge on any atom is -0.317 e. The summed E-state index contributed by atoms with van der Waals surface area (Å²) >= 11 is 1.73. The first-order valence-corrected chi connectivity index (χ1v) is 5.75. The van der Waals surface area contributed by atoms with Crippen LogP contribution in [-0.2, 0) is 0 Å². The third-order valence-electron chi connectivity index (χ3n) is 2.47. The summed E-state index contributed by atoms with van der Waals surface area (Å²) in [4.78, 5) is 0. The molecule has 13 heavy (non-hydrogen) atoms. The topological polar surface area (TPSA) is 26.1 Å². The zero-order chi connectivity index (χ0) is 8.93. The van der Waals surface area contributed by atoms with E-state index in [4.69, 9.17) is 0 Å². The van der Waals surface area contributed by atoms with Crippen LogP contribution in [0.5, 0.6) is 0 Å². The molecule has 0 aliphatic carbocycles. The minimum absolute atomic E-state index is 0.809. The van der Waals surface area contributed by atoms with Crippen LogP contribution in [0, 0.1) is 5.92 Å². The first kappa shape index (κ1) is 9.03. The van der Waals surface area contributed by atoms with Crippen molar-refractivity contribution in [2.45, 2.75) is 12.8 Å². The average molecular weight is 195 g/mol. The second-order valence-electron chi connectivity index (χ2n) is 3.49. The number of nitrogens with zero attached hydrogens (tertiary/aromatic N) is 1. The normalized spacial score (nSPS) is 18.8. The summed E-state index contributed by atoms with van der Waals surface area (Å²) in [5.41, 5.74) is 0. The zero-order valence-corrected chi connectivity index (χ0v) is 8.52. The Morgan fingerprint density at radius 2 is 2.31 bits per heavy atom. The number of thiophene rings is 1.